The van der Waals surface area contributed by atoms with Gasteiger partial charge in [0.15, 0.2) is 0 Å². The molecule has 2 N–H and O–H groups in total. The van der Waals surface area contributed by atoms with Crippen molar-refractivity contribution < 1.29 is 5.11 Å². The van der Waals surface area contributed by atoms with Crippen LogP contribution in [0.5, 0.6) is 5.88 Å². The minimum atomic E-state index is -0.719. The summed E-state index contributed by atoms with van der Waals surface area (Å²) < 4.78 is 1.87. The van der Waals surface area contributed by atoms with Crippen molar-refractivity contribution in [2.45, 2.75) is 19.4 Å². The van der Waals surface area contributed by atoms with Gasteiger partial charge in [-0.05, 0) is 24.1 Å². The summed E-state index contributed by atoms with van der Waals surface area (Å²) in [6, 6.07) is 6.19. The van der Waals surface area contributed by atoms with Crippen LogP contribution in [0.1, 0.15) is 19.4 Å². The van der Waals surface area contributed by atoms with Gasteiger partial charge in [0.05, 0.1) is 0 Å². The third-order valence-electron chi connectivity index (χ3n) is 3.14. The number of H-pyrrole nitrogens is 1. The first-order chi connectivity index (χ1) is 9.99. The van der Waals surface area contributed by atoms with E-state index in [-0.39, 0.29) is 5.56 Å². The summed E-state index contributed by atoms with van der Waals surface area (Å²) >= 11 is 3.30. The summed E-state index contributed by atoms with van der Waals surface area (Å²) in [4.78, 5) is 26.1. The Labute approximate surface area is 129 Å². The van der Waals surface area contributed by atoms with Gasteiger partial charge in [0.1, 0.15) is 11.6 Å². The highest BCUT2D eigenvalue weighted by atomic mass is 79.9. The number of aromatic amines is 1. The topological polar surface area (TPSA) is 75.1 Å². The lowest BCUT2D eigenvalue weighted by molar-refractivity contribution is 0.387. The summed E-state index contributed by atoms with van der Waals surface area (Å²) in [5.74, 6) is 2.01. The molecule has 21 heavy (non-hydrogen) atoms. The Morgan fingerprint density at radius 2 is 2.00 bits per heavy atom. The highest BCUT2D eigenvalue weighted by Gasteiger charge is 2.19. The predicted octanol–water partition coefficient (Wildman–Crippen LogP) is 2.26. The van der Waals surface area contributed by atoms with Crippen LogP contribution in [0.25, 0.3) is 11.1 Å². The molecule has 6 heteroatoms. The largest absolute Gasteiger partial charge is 0.494 e. The molecule has 0 fully saturated rings. The van der Waals surface area contributed by atoms with Crippen molar-refractivity contribution in [3.05, 3.63) is 49.6 Å². The molecule has 0 amide bonds. The van der Waals surface area contributed by atoms with Gasteiger partial charge in [0.2, 0.25) is 5.88 Å². The van der Waals surface area contributed by atoms with Crippen LogP contribution < -0.4 is 11.2 Å². The normalized spacial score (nSPS) is 11.9. The number of nitrogens with zero attached hydrogens (tertiary/aromatic N) is 1. The van der Waals surface area contributed by atoms with Crippen molar-refractivity contribution >= 4 is 15.9 Å². The number of aromatic hydroxyl groups is 1. The van der Waals surface area contributed by atoms with Gasteiger partial charge >= 0.3 is 5.69 Å². The molecule has 2 aromatic rings. The first kappa shape index (κ1) is 15.1. The second-order valence-electron chi connectivity index (χ2n) is 4.43. The van der Waals surface area contributed by atoms with Gasteiger partial charge in [-0.25, -0.2) is 9.36 Å². The number of halogens is 1. The van der Waals surface area contributed by atoms with Gasteiger partial charge < -0.3 is 5.11 Å². The molecule has 1 aromatic carbocycles. The van der Waals surface area contributed by atoms with Crippen LogP contribution in [0.4, 0.5) is 0 Å². The molecule has 108 valence electrons. The van der Waals surface area contributed by atoms with E-state index >= 15 is 0 Å². The second-order valence-corrected chi connectivity index (χ2v) is 5.34. The first-order valence-corrected chi connectivity index (χ1v) is 7.08. The second kappa shape index (κ2) is 6.02. The maximum Gasteiger partial charge on any atom is 0.332 e. The van der Waals surface area contributed by atoms with E-state index in [2.05, 4.69) is 26.8 Å². The molecular formula is C15H13BrN2O3. The molecule has 0 saturated heterocycles. The molecule has 1 aromatic heterocycles. The molecule has 0 saturated carbocycles. The minimum absolute atomic E-state index is 0.0239. The average Bonchev–Trinajstić information content (AvgIpc) is 2.45. The van der Waals surface area contributed by atoms with Crippen LogP contribution in [0.3, 0.4) is 0 Å². The lowest BCUT2D eigenvalue weighted by atomic mass is 10.1. The van der Waals surface area contributed by atoms with Crippen LogP contribution in [-0.2, 0) is 0 Å². The summed E-state index contributed by atoms with van der Waals surface area (Å²) in [6.45, 7) is 1.79. The van der Waals surface area contributed by atoms with Crippen molar-refractivity contribution in [2.75, 3.05) is 0 Å². The Bertz CT molecular complexity index is 813. The van der Waals surface area contributed by atoms with Crippen molar-refractivity contribution in [3.63, 3.8) is 0 Å². The summed E-state index contributed by atoms with van der Waals surface area (Å²) in [7, 11) is 0. The van der Waals surface area contributed by atoms with Crippen molar-refractivity contribution in [2.24, 2.45) is 0 Å². The molecule has 5 nitrogen and oxygen atoms in total. The summed E-state index contributed by atoms with van der Waals surface area (Å²) in [5.41, 5.74) is -0.848. The molecule has 0 bridgehead atoms. The van der Waals surface area contributed by atoms with E-state index in [1.165, 1.54) is 0 Å². The number of benzene rings is 1. The van der Waals surface area contributed by atoms with Crippen LogP contribution in [0.2, 0.25) is 0 Å². The molecule has 0 spiro atoms. The first-order valence-electron chi connectivity index (χ1n) is 6.29. The van der Waals surface area contributed by atoms with E-state index in [4.69, 9.17) is 6.42 Å². The Kier molecular flexibility index (Phi) is 4.34. The van der Waals surface area contributed by atoms with Gasteiger partial charge in [-0.15, -0.1) is 6.42 Å². The van der Waals surface area contributed by atoms with Gasteiger partial charge in [0.25, 0.3) is 5.56 Å². The monoisotopic (exact) mass is 348 g/mol. The van der Waals surface area contributed by atoms with Crippen molar-refractivity contribution in [1.82, 2.24) is 9.55 Å². The number of aromatic nitrogens is 2. The third-order valence-corrected chi connectivity index (χ3v) is 3.67. The Balaban J connectivity index is 2.77. The average molecular weight is 349 g/mol. The van der Waals surface area contributed by atoms with Gasteiger partial charge in [-0.3, -0.25) is 9.78 Å². The number of hydrogen-bond donors (Lipinski definition) is 2. The van der Waals surface area contributed by atoms with E-state index in [0.29, 0.717) is 12.0 Å². The Morgan fingerprint density at radius 3 is 2.52 bits per heavy atom. The van der Waals surface area contributed by atoms with Crippen molar-refractivity contribution in [3.8, 4) is 29.4 Å². The van der Waals surface area contributed by atoms with Gasteiger partial charge in [0, 0.05) is 4.47 Å². The fraction of sp³-hybridized carbons (Fsp3) is 0.200. The quantitative estimate of drug-likeness (QED) is 0.835. The molecule has 1 heterocycles. The summed E-state index contributed by atoms with van der Waals surface area (Å²) in [5, 5.41) is 10.3. The molecule has 0 aliphatic rings. The fourth-order valence-corrected chi connectivity index (χ4v) is 2.34. The number of terminal acetylenes is 1. The molecular weight excluding hydrogens is 336 g/mol. The Hall–Kier alpha value is -2.26. The SMILES string of the molecule is C#CC(CC)n1c(O)c(-c2ccc(Br)cc2)c(=O)[nH]c1=O. The smallest absolute Gasteiger partial charge is 0.332 e. The van der Waals surface area contributed by atoms with E-state index in [1.54, 1.807) is 31.2 Å². The maximum absolute atomic E-state index is 12.0. The number of hydrogen-bond acceptors (Lipinski definition) is 3. The van der Waals surface area contributed by atoms with Crippen LogP contribution in [0, 0.1) is 12.3 Å². The van der Waals surface area contributed by atoms with Crippen molar-refractivity contribution in [1.29, 1.82) is 0 Å². The molecule has 0 aliphatic carbocycles. The van der Waals surface area contributed by atoms with E-state index in [0.717, 1.165) is 9.04 Å². The number of nitrogens with one attached hydrogen (secondary N) is 1. The van der Waals surface area contributed by atoms with Crippen LogP contribution in [0.15, 0.2) is 38.3 Å². The van der Waals surface area contributed by atoms with Crippen LogP contribution >= 0.6 is 15.9 Å². The lowest BCUT2D eigenvalue weighted by Gasteiger charge is -2.15. The molecule has 1 atom stereocenters. The predicted molar refractivity (Wildman–Crippen MR) is 84.3 cm³/mol. The zero-order chi connectivity index (χ0) is 15.6. The number of rotatable bonds is 3. The highest BCUT2D eigenvalue weighted by molar-refractivity contribution is 9.10. The van der Waals surface area contributed by atoms with E-state index in [9.17, 15) is 14.7 Å². The summed E-state index contributed by atoms with van der Waals surface area (Å²) in [6.07, 6.45) is 5.83. The van der Waals surface area contributed by atoms with Gasteiger partial charge in [-0.1, -0.05) is 40.9 Å². The fourth-order valence-electron chi connectivity index (χ4n) is 2.08. The zero-order valence-electron chi connectivity index (χ0n) is 11.3. The maximum atomic E-state index is 12.0. The van der Waals surface area contributed by atoms with Gasteiger partial charge in [-0.2, -0.15) is 0 Å². The third kappa shape index (κ3) is 2.78. The lowest BCUT2D eigenvalue weighted by Crippen LogP contribution is -2.33. The Morgan fingerprint density at radius 1 is 1.38 bits per heavy atom. The zero-order valence-corrected chi connectivity index (χ0v) is 12.8. The van der Waals surface area contributed by atoms with E-state index in [1.807, 2.05) is 0 Å². The molecule has 0 radical (unpaired) electrons. The van der Waals surface area contributed by atoms with Crippen LogP contribution in [-0.4, -0.2) is 14.7 Å². The molecule has 0 aliphatic heterocycles. The molecule has 1 unspecified atom stereocenters. The van der Waals surface area contributed by atoms with E-state index < -0.39 is 23.2 Å². The standard InChI is InChI=1S/C15H13BrN2O3/c1-3-11(4-2)18-14(20)12(13(19)17-15(18)21)9-5-7-10(16)8-6-9/h1,5-8,11,20H,4H2,2H3,(H,17,19,21). The highest BCUT2D eigenvalue weighted by Crippen LogP contribution is 2.27. The molecule has 2 rings (SSSR count). The minimum Gasteiger partial charge on any atom is -0.494 e.